The maximum Gasteiger partial charge on any atom is 0.416 e. The lowest BCUT2D eigenvalue weighted by molar-refractivity contribution is -0.138. The molecule has 18 heteroatoms. The first-order valence-corrected chi connectivity index (χ1v) is 18.7. The highest BCUT2D eigenvalue weighted by Crippen LogP contribution is 2.40. The molecule has 0 radical (unpaired) electrons. The van der Waals surface area contributed by atoms with Gasteiger partial charge in [-0.05, 0) is 133 Å². The predicted octanol–water partition coefficient (Wildman–Crippen LogP) is 9.44. The second kappa shape index (κ2) is 16.7. The number of carbonyl (C=O) groups excluding carboxylic acids is 2. The Morgan fingerprint density at radius 3 is 1.33 bits per heavy atom. The van der Waals surface area contributed by atoms with Gasteiger partial charge < -0.3 is 20.6 Å². The van der Waals surface area contributed by atoms with Gasteiger partial charge in [0.15, 0.2) is 10.2 Å². The third-order valence-electron chi connectivity index (χ3n) is 9.50. The number of aromatic amines is 2. The first kappa shape index (κ1) is 41.2. The zero-order chi connectivity index (χ0) is 42.8. The van der Waals surface area contributed by atoms with Crippen LogP contribution in [0.4, 0.5) is 37.7 Å². The van der Waals surface area contributed by atoms with Gasteiger partial charge in [0.25, 0.3) is 11.8 Å². The number of aryl methyl sites for hydroxylation is 1. The van der Waals surface area contributed by atoms with Crippen molar-refractivity contribution < 1.29 is 35.9 Å². The van der Waals surface area contributed by atoms with Crippen molar-refractivity contribution in [3.05, 3.63) is 166 Å². The molecule has 5 aromatic carbocycles. The molecular formula is C42H32F6N8O2S2. The largest absolute Gasteiger partial charge is 0.416 e. The molecule has 306 valence electrons. The maximum atomic E-state index is 13.4. The zero-order valence-electron chi connectivity index (χ0n) is 31.0. The Labute approximate surface area is 348 Å². The smallest absolute Gasteiger partial charge is 0.361 e. The van der Waals surface area contributed by atoms with Crippen LogP contribution in [0.15, 0.2) is 122 Å². The number of anilines is 2. The third-order valence-corrected chi connectivity index (χ3v) is 9.91. The fraction of sp³-hybridized carbons (Fsp3) is 0.0952. The van der Waals surface area contributed by atoms with E-state index in [9.17, 15) is 35.9 Å². The topological polar surface area (TPSA) is 138 Å². The fourth-order valence-electron chi connectivity index (χ4n) is 6.51. The van der Waals surface area contributed by atoms with Crippen LogP contribution in [0.5, 0.6) is 0 Å². The summed E-state index contributed by atoms with van der Waals surface area (Å²) in [5, 5.41) is 6.83. The van der Waals surface area contributed by atoms with Crippen LogP contribution in [0.3, 0.4) is 0 Å². The molecule has 0 aliphatic rings. The van der Waals surface area contributed by atoms with Crippen LogP contribution in [-0.4, -0.2) is 32.0 Å². The summed E-state index contributed by atoms with van der Waals surface area (Å²) in [6, 6.07) is 26.8. The van der Waals surface area contributed by atoms with E-state index in [4.69, 9.17) is 24.4 Å². The van der Waals surface area contributed by atoms with Gasteiger partial charge in [0.1, 0.15) is 0 Å². The van der Waals surface area contributed by atoms with Gasteiger partial charge in [-0.1, -0.05) is 29.8 Å². The van der Waals surface area contributed by atoms with Crippen molar-refractivity contribution in [2.24, 2.45) is 0 Å². The van der Waals surface area contributed by atoms with E-state index in [0.717, 1.165) is 68.3 Å². The summed E-state index contributed by atoms with van der Waals surface area (Å²) < 4.78 is 77.7. The average molecular weight is 859 g/mol. The molecule has 7 aromatic rings. The number of aromatic nitrogens is 2. The molecule has 2 amide bonds. The number of hydrazine groups is 2. The number of rotatable bonds is 7. The summed E-state index contributed by atoms with van der Waals surface area (Å²) >= 11 is 10.5. The molecule has 7 rings (SSSR count). The fourth-order valence-corrected chi connectivity index (χ4v) is 6.85. The van der Waals surface area contributed by atoms with Gasteiger partial charge in [0.2, 0.25) is 0 Å². The highest BCUT2D eigenvalue weighted by Gasteiger charge is 2.31. The SMILES string of the molecule is Cc1ccc(C(c2c[nH]c3ccc(C(=O)NNC(=S)Nc4ccc(C(F)(F)F)cc4)cc23)c2c[nH]c3ccc(C(=O)NNC(=S)Nc4ccc(C(F)(F)F)cc4)cc23)cc1. The molecule has 0 spiro atoms. The molecule has 8 N–H and O–H groups in total. The first-order chi connectivity index (χ1) is 28.5. The molecular weight excluding hydrogens is 827 g/mol. The van der Waals surface area contributed by atoms with Crippen LogP contribution in [-0.2, 0) is 12.4 Å². The van der Waals surface area contributed by atoms with Gasteiger partial charge in [-0.2, -0.15) is 26.3 Å². The monoisotopic (exact) mass is 858 g/mol. The number of nitrogens with one attached hydrogen (secondary N) is 8. The number of H-pyrrole nitrogens is 2. The number of hydrogen-bond acceptors (Lipinski definition) is 4. The van der Waals surface area contributed by atoms with E-state index in [1.165, 1.54) is 24.3 Å². The molecule has 0 saturated carbocycles. The molecule has 0 aliphatic carbocycles. The maximum absolute atomic E-state index is 13.4. The van der Waals surface area contributed by atoms with Gasteiger partial charge >= 0.3 is 12.4 Å². The van der Waals surface area contributed by atoms with E-state index < -0.39 is 41.2 Å². The number of carbonyl (C=O) groups is 2. The Hall–Kier alpha value is -6.92. The molecule has 0 unspecified atom stereocenters. The van der Waals surface area contributed by atoms with Gasteiger partial charge in [-0.3, -0.25) is 31.3 Å². The minimum absolute atomic E-state index is 0.0494. The quantitative estimate of drug-likeness (QED) is 0.0451. The van der Waals surface area contributed by atoms with Crippen molar-refractivity contribution in [3.8, 4) is 0 Å². The second-order valence-electron chi connectivity index (χ2n) is 13.6. The molecule has 0 fully saturated rings. The van der Waals surface area contributed by atoms with Crippen LogP contribution in [0.1, 0.15) is 60.0 Å². The van der Waals surface area contributed by atoms with Crippen molar-refractivity contribution in [2.45, 2.75) is 25.2 Å². The van der Waals surface area contributed by atoms with E-state index in [1.807, 2.05) is 43.6 Å². The molecule has 2 aromatic heterocycles. The number of amides is 2. The van der Waals surface area contributed by atoms with Crippen molar-refractivity contribution in [1.82, 2.24) is 31.7 Å². The van der Waals surface area contributed by atoms with Crippen LogP contribution in [0.25, 0.3) is 21.8 Å². The van der Waals surface area contributed by atoms with Crippen molar-refractivity contribution in [1.29, 1.82) is 0 Å². The lowest BCUT2D eigenvalue weighted by Gasteiger charge is -2.18. The molecule has 0 aliphatic heterocycles. The number of hydrogen-bond donors (Lipinski definition) is 8. The number of fused-ring (bicyclic) bond motifs is 2. The molecule has 60 heavy (non-hydrogen) atoms. The standard InChI is InChI=1S/C42H32F6N8O2S2/c1-22-2-4-23(5-3-22)36(32-20-49-34-16-6-24(18-30(32)34)37(57)53-55-39(59)51-28-12-8-26(9-13-28)41(43,44)45)33-21-50-35-17-7-25(19-31(33)35)38(58)54-56-40(60)52-29-14-10-27(11-15-29)42(46,47)48/h2-21,36,49-50H,1H3,(H,53,57)(H,54,58)(H2,51,55,59)(H2,52,56,60). The van der Waals surface area contributed by atoms with Crippen molar-refractivity contribution in [2.75, 3.05) is 10.6 Å². The summed E-state index contributed by atoms with van der Waals surface area (Å²) in [7, 11) is 0. The normalized spacial score (nSPS) is 11.7. The van der Waals surface area contributed by atoms with Gasteiger partial charge in [-0.15, -0.1) is 0 Å². The summed E-state index contributed by atoms with van der Waals surface area (Å²) in [6.07, 6.45) is -5.24. The Bertz CT molecular complexity index is 2560. The predicted molar refractivity (Wildman–Crippen MR) is 225 cm³/mol. The van der Waals surface area contributed by atoms with E-state index in [2.05, 4.69) is 42.3 Å². The number of halogens is 6. The molecule has 0 saturated heterocycles. The lowest BCUT2D eigenvalue weighted by Crippen LogP contribution is -2.43. The van der Waals surface area contributed by atoms with E-state index >= 15 is 0 Å². The van der Waals surface area contributed by atoms with Gasteiger partial charge in [0.05, 0.1) is 11.1 Å². The second-order valence-corrected chi connectivity index (χ2v) is 14.4. The molecule has 10 nitrogen and oxygen atoms in total. The van der Waals surface area contributed by atoms with Crippen LogP contribution < -0.4 is 32.3 Å². The third kappa shape index (κ3) is 9.35. The summed E-state index contributed by atoms with van der Waals surface area (Å²) in [6.45, 7) is 1.98. The molecule has 0 bridgehead atoms. The van der Waals surface area contributed by atoms with Gasteiger partial charge in [0, 0.05) is 62.6 Å². The highest BCUT2D eigenvalue weighted by atomic mass is 32.1. The summed E-state index contributed by atoms with van der Waals surface area (Å²) in [4.78, 5) is 33.3. The van der Waals surface area contributed by atoms with E-state index in [-0.39, 0.29) is 32.7 Å². The molecule has 2 heterocycles. The van der Waals surface area contributed by atoms with E-state index in [1.54, 1.807) is 36.4 Å². The Morgan fingerprint density at radius 1 is 0.550 bits per heavy atom. The van der Waals surface area contributed by atoms with E-state index in [0.29, 0.717) is 0 Å². The Balaban J connectivity index is 1.10. The number of thiocarbonyl (C=S) groups is 2. The van der Waals surface area contributed by atoms with Crippen LogP contribution >= 0.6 is 24.4 Å². The van der Waals surface area contributed by atoms with Crippen LogP contribution in [0.2, 0.25) is 0 Å². The Morgan fingerprint density at radius 2 is 0.950 bits per heavy atom. The van der Waals surface area contributed by atoms with Gasteiger partial charge in [-0.25, -0.2) is 0 Å². The minimum Gasteiger partial charge on any atom is -0.361 e. The van der Waals surface area contributed by atoms with Crippen molar-refractivity contribution >= 4 is 79.7 Å². The molecule has 0 atom stereocenters. The summed E-state index contributed by atoms with van der Waals surface area (Å²) in [5.74, 6) is -1.46. The number of alkyl halides is 6. The first-order valence-electron chi connectivity index (χ1n) is 17.9. The summed E-state index contributed by atoms with van der Waals surface area (Å²) in [5.41, 5.74) is 14.8. The highest BCUT2D eigenvalue weighted by molar-refractivity contribution is 7.80. The average Bonchev–Trinajstić information content (AvgIpc) is 3.83. The lowest BCUT2D eigenvalue weighted by atomic mass is 9.84. The van der Waals surface area contributed by atoms with Crippen LogP contribution in [0, 0.1) is 6.92 Å². The van der Waals surface area contributed by atoms with Crippen molar-refractivity contribution in [3.63, 3.8) is 0 Å². The Kier molecular flexibility index (Phi) is 11.5. The number of benzene rings is 5. The zero-order valence-corrected chi connectivity index (χ0v) is 32.7. The minimum atomic E-state index is -4.48.